The van der Waals surface area contributed by atoms with Gasteiger partial charge in [-0.25, -0.2) is 4.39 Å². The fraction of sp³-hybridized carbons (Fsp3) is 1.00. The van der Waals surface area contributed by atoms with E-state index >= 15 is 0 Å². The number of ether oxygens (including phenoxy) is 1. The molecule has 0 saturated carbocycles. The molecule has 0 aromatic carbocycles. The van der Waals surface area contributed by atoms with Gasteiger partial charge in [0, 0.05) is 13.7 Å². The molecule has 0 unspecified atom stereocenters. The van der Waals surface area contributed by atoms with Crippen LogP contribution in [0.25, 0.3) is 0 Å². The van der Waals surface area contributed by atoms with Gasteiger partial charge >= 0.3 is 0 Å². The molecule has 0 amide bonds. The van der Waals surface area contributed by atoms with Crippen molar-refractivity contribution in [1.29, 1.82) is 0 Å². The lowest BCUT2D eigenvalue weighted by Gasteiger charge is -2.24. The first kappa shape index (κ1) is 10.1. The molecule has 0 aliphatic carbocycles. The molecule has 0 radical (unpaired) electrons. The van der Waals surface area contributed by atoms with Crippen molar-refractivity contribution in [1.82, 2.24) is 5.32 Å². The molecule has 0 bridgehead atoms. The molecule has 1 heterocycles. The number of alkyl halides is 1. The summed E-state index contributed by atoms with van der Waals surface area (Å²) in [6.45, 7) is 1.32. The number of hydrogen-bond donors (Lipinski definition) is 1. The van der Waals surface area contributed by atoms with Crippen molar-refractivity contribution in [2.45, 2.75) is 18.7 Å². The first-order chi connectivity index (χ1) is 4.34. The quantitative estimate of drug-likeness (QED) is 0.626. The fourth-order valence-corrected chi connectivity index (χ4v) is 1.06. The molecular formula is C6H13ClFNO. The van der Waals surface area contributed by atoms with Gasteiger partial charge in [0.2, 0.25) is 0 Å². The van der Waals surface area contributed by atoms with Gasteiger partial charge in [-0.1, -0.05) is 0 Å². The van der Waals surface area contributed by atoms with Crippen LogP contribution in [0.5, 0.6) is 0 Å². The Balaban J connectivity index is 0.000000810. The Morgan fingerprint density at radius 3 is 2.70 bits per heavy atom. The van der Waals surface area contributed by atoms with Crippen LogP contribution < -0.4 is 5.32 Å². The second-order valence-electron chi connectivity index (χ2n) is 2.28. The van der Waals surface area contributed by atoms with Gasteiger partial charge in [-0.3, -0.25) is 0 Å². The Bertz CT molecular complexity index is 93.8. The van der Waals surface area contributed by atoms with E-state index in [0.717, 1.165) is 13.0 Å². The highest BCUT2D eigenvalue weighted by molar-refractivity contribution is 5.85. The average Bonchev–Trinajstić information content (AvgIpc) is 1.89. The summed E-state index contributed by atoms with van der Waals surface area (Å²) in [7, 11) is 1.56. The summed E-state index contributed by atoms with van der Waals surface area (Å²) in [4.78, 5) is 0. The molecule has 1 saturated heterocycles. The maximum Gasteiger partial charge on any atom is 0.139 e. The smallest absolute Gasteiger partial charge is 0.139 e. The number of rotatable bonds is 1. The predicted molar refractivity (Wildman–Crippen MR) is 40.4 cm³/mol. The zero-order valence-corrected chi connectivity index (χ0v) is 6.79. The minimum Gasteiger partial charge on any atom is -0.378 e. The number of halogens is 2. The largest absolute Gasteiger partial charge is 0.378 e. The van der Waals surface area contributed by atoms with Crippen LogP contribution in [0, 0.1) is 0 Å². The van der Waals surface area contributed by atoms with Gasteiger partial charge in [-0.15, -0.1) is 12.4 Å². The number of nitrogens with one attached hydrogen (secondary N) is 1. The van der Waals surface area contributed by atoms with Gasteiger partial charge in [-0.05, 0) is 13.0 Å². The minimum absolute atomic E-state index is 0. The van der Waals surface area contributed by atoms with Crippen molar-refractivity contribution in [3.8, 4) is 0 Å². The maximum atomic E-state index is 12.7. The van der Waals surface area contributed by atoms with Crippen LogP contribution in [-0.4, -0.2) is 32.5 Å². The molecule has 1 N–H and O–H groups in total. The second-order valence-corrected chi connectivity index (χ2v) is 2.28. The van der Waals surface area contributed by atoms with Crippen molar-refractivity contribution in [3.63, 3.8) is 0 Å². The van der Waals surface area contributed by atoms with Gasteiger partial charge in [0.05, 0.1) is 6.10 Å². The van der Waals surface area contributed by atoms with Gasteiger partial charge in [0.25, 0.3) is 0 Å². The van der Waals surface area contributed by atoms with Crippen molar-refractivity contribution in [2.75, 3.05) is 20.2 Å². The highest BCUT2D eigenvalue weighted by atomic mass is 35.5. The lowest BCUT2D eigenvalue weighted by atomic mass is 10.1. The molecule has 10 heavy (non-hydrogen) atoms. The van der Waals surface area contributed by atoms with Crippen LogP contribution in [0.4, 0.5) is 4.39 Å². The number of methoxy groups -OCH3 is 1. The van der Waals surface area contributed by atoms with Crippen molar-refractivity contribution < 1.29 is 9.13 Å². The molecule has 62 valence electrons. The monoisotopic (exact) mass is 169 g/mol. The molecule has 1 aliphatic heterocycles. The Labute approximate surface area is 66.5 Å². The average molecular weight is 170 g/mol. The lowest BCUT2D eigenvalue weighted by molar-refractivity contribution is 0.0132. The summed E-state index contributed by atoms with van der Waals surface area (Å²) in [5.74, 6) is 0. The number of hydrogen-bond acceptors (Lipinski definition) is 2. The molecule has 0 aromatic heterocycles. The molecule has 0 aromatic rings. The van der Waals surface area contributed by atoms with Gasteiger partial charge in [0.15, 0.2) is 0 Å². The van der Waals surface area contributed by atoms with E-state index < -0.39 is 6.17 Å². The maximum absolute atomic E-state index is 12.7. The summed E-state index contributed by atoms with van der Waals surface area (Å²) >= 11 is 0. The molecule has 0 spiro atoms. The molecule has 2 atom stereocenters. The SMILES string of the molecule is CO[C@H]1CCNC[C@@H]1F.Cl. The van der Waals surface area contributed by atoms with E-state index in [0.29, 0.717) is 6.54 Å². The fourth-order valence-electron chi connectivity index (χ4n) is 1.06. The van der Waals surface area contributed by atoms with E-state index in [1.807, 2.05) is 0 Å². The van der Waals surface area contributed by atoms with Gasteiger partial charge in [0.1, 0.15) is 6.17 Å². The van der Waals surface area contributed by atoms with E-state index in [-0.39, 0.29) is 18.5 Å². The predicted octanol–water partition coefficient (Wildman–Crippen LogP) is 0.755. The third-order valence-electron chi connectivity index (χ3n) is 1.65. The normalized spacial score (nSPS) is 33.0. The summed E-state index contributed by atoms with van der Waals surface area (Å²) < 4.78 is 17.5. The van der Waals surface area contributed by atoms with E-state index in [4.69, 9.17) is 4.74 Å². The Kier molecular flexibility index (Phi) is 4.95. The standard InChI is InChI=1S/C6H12FNO.ClH/c1-9-6-2-3-8-4-5(6)7;/h5-6,8H,2-4H2,1H3;1H/t5-,6-;/m0./s1. The van der Waals surface area contributed by atoms with Crippen LogP contribution in [0.3, 0.4) is 0 Å². The first-order valence-corrected chi connectivity index (χ1v) is 3.22. The Morgan fingerprint density at radius 2 is 2.30 bits per heavy atom. The topological polar surface area (TPSA) is 21.3 Å². The van der Waals surface area contributed by atoms with Crippen molar-refractivity contribution >= 4 is 12.4 Å². The molecular weight excluding hydrogens is 157 g/mol. The molecule has 1 aliphatic rings. The Morgan fingerprint density at radius 1 is 1.60 bits per heavy atom. The molecule has 4 heteroatoms. The van der Waals surface area contributed by atoms with Crippen molar-refractivity contribution in [2.24, 2.45) is 0 Å². The molecule has 1 rings (SSSR count). The van der Waals surface area contributed by atoms with E-state index in [1.165, 1.54) is 0 Å². The lowest BCUT2D eigenvalue weighted by Crippen LogP contribution is -2.42. The third kappa shape index (κ3) is 2.40. The summed E-state index contributed by atoms with van der Waals surface area (Å²) in [6, 6.07) is 0. The van der Waals surface area contributed by atoms with E-state index in [1.54, 1.807) is 7.11 Å². The third-order valence-corrected chi connectivity index (χ3v) is 1.65. The number of piperidine rings is 1. The second kappa shape index (κ2) is 4.88. The van der Waals surface area contributed by atoms with Crippen LogP contribution in [-0.2, 0) is 4.74 Å². The first-order valence-electron chi connectivity index (χ1n) is 3.22. The van der Waals surface area contributed by atoms with Crippen molar-refractivity contribution in [3.05, 3.63) is 0 Å². The Hall–Kier alpha value is 0.140. The van der Waals surface area contributed by atoms with Crippen LogP contribution in [0.15, 0.2) is 0 Å². The highest BCUT2D eigenvalue weighted by Crippen LogP contribution is 2.09. The zero-order chi connectivity index (χ0) is 6.69. The van der Waals surface area contributed by atoms with E-state index in [9.17, 15) is 4.39 Å². The van der Waals surface area contributed by atoms with Gasteiger partial charge < -0.3 is 10.1 Å². The minimum atomic E-state index is -0.816. The van der Waals surface area contributed by atoms with Crippen LogP contribution >= 0.6 is 12.4 Å². The van der Waals surface area contributed by atoms with E-state index in [2.05, 4.69) is 5.32 Å². The summed E-state index contributed by atoms with van der Waals surface area (Å²) in [5, 5.41) is 2.94. The zero-order valence-electron chi connectivity index (χ0n) is 5.97. The van der Waals surface area contributed by atoms with Crippen LogP contribution in [0.2, 0.25) is 0 Å². The molecule has 1 fully saturated rings. The summed E-state index contributed by atoms with van der Waals surface area (Å²) in [6.07, 6.45) is -0.201. The van der Waals surface area contributed by atoms with Crippen LogP contribution in [0.1, 0.15) is 6.42 Å². The van der Waals surface area contributed by atoms with Gasteiger partial charge in [-0.2, -0.15) is 0 Å². The highest BCUT2D eigenvalue weighted by Gasteiger charge is 2.23. The summed E-state index contributed by atoms with van der Waals surface area (Å²) in [5.41, 5.74) is 0. The molecule has 2 nitrogen and oxygen atoms in total.